The fourth-order valence-electron chi connectivity index (χ4n) is 3.73. The van der Waals surface area contributed by atoms with E-state index in [1.165, 1.54) is 25.7 Å². The lowest BCUT2D eigenvalue weighted by molar-refractivity contribution is -0.0291. The summed E-state index contributed by atoms with van der Waals surface area (Å²) in [5, 5.41) is 9.01. The third kappa shape index (κ3) is 4.24. The van der Waals surface area contributed by atoms with Crippen LogP contribution in [0.4, 0.5) is 0 Å². The number of ether oxygens (including phenoxy) is 2. The van der Waals surface area contributed by atoms with Crippen LogP contribution in [0.25, 0.3) is 0 Å². The number of benzene rings is 1. The van der Waals surface area contributed by atoms with E-state index in [0.29, 0.717) is 17.8 Å². The first kappa shape index (κ1) is 16.3. The summed E-state index contributed by atoms with van der Waals surface area (Å²) < 4.78 is 11.3. The standard InChI is InChI=1S/C18H25NO4/c20-17(21)15-3-1-4-16(13-15)23-12-9-19-8-2-5-18(14-19)6-10-22-11-7-18/h1,3-4,13H,2,5-12,14H2,(H,20,21). The minimum atomic E-state index is -0.923. The molecule has 23 heavy (non-hydrogen) atoms. The van der Waals surface area contributed by atoms with Gasteiger partial charge in [0.15, 0.2) is 0 Å². The molecule has 2 fully saturated rings. The first-order valence-corrected chi connectivity index (χ1v) is 8.43. The Hall–Kier alpha value is -1.59. The molecule has 0 aromatic heterocycles. The van der Waals surface area contributed by atoms with E-state index in [2.05, 4.69) is 4.90 Å². The third-order valence-electron chi connectivity index (χ3n) is 5.05. The first-order chi connectivity index (χ1) is 11.2. The monoisotopic (exact) mass is 319 g/mol. The zero-order chi connectivity index (χ0) is 16.1. The summed E-state index contributed by atoms with van der Waals surface area (Å²) >= 11 is 0. The zero-order valence-corrected chi connectivity index (χ0v) is 13.5. The topological polar surface area (TPSA) is 59.0 Å². The molecule has 0 atom stereocenters. The Morgan fingerprint density at radius 1 is 1.30 bits per heavy atom. The highest BCUT2D eigenvalue weighted by Gasteiger charge is 2.36. The zero-order valence-electron chi connectivity index (χ0n) is 13.5. The van der Waals surface area contributed by atoms with Crippen LogP contribution in [-0.4, -0.2) is 55.4 Å². The number of hydrogen-bond acceptors (Lipinski definition) is 4. The predicted octanol–water partition coefficient (Wildman–Crippen LogP) is 2.66. The fraction of sp³-hybridized carbons (Fsp3) is 0.611. The second-order valence-corrected chi connectivity index (χ2v) is 6.67. The number of carboxylic acids is 1. The normalized spacial score (nSPS) is 21.2. The van der Waals surface area contributed by atoms with Crippen LogP contribution in [-0.2, 0) is 4.74 Å². The quantitative estimate of drug-likeness (QED) is 0.904. The summed E-state index contributed by atoms with van der Waals surface area (Å²) in [7, 11) is 0. The highest BCUT2D eigenvalue weighted by Crippen LogP contribution is 2.38. The van der Waals surface area contributed by atoms with Crippen molar-refractivity contribution < 1.29 is 19.4 Å². The van der Waals surface area contributed by atoms with Crippen molar-refractivity contribution in [2.75, 3.05) is 39.5 Å². The molecule has 1 aromatic carbocycles. The molecule has 2 aliphatic rings. The van der Waals surface area contributed by atoms with Gasteiger partial charge >= 0.3 is 5.97 Å². The number of rotatable bonds is 5. The molecule has 1 spiro atoms. The van der Waals surface area contributed by atoms with Gasteiger partial charge in [0.05, 0.1) is 5.56 Å². The van der Waals surface area contributed by atoms with Crippen LogP contribution in [0, 0.1) is 5.41 Å². The van der Waals surface area contributed by atoms with Crippen molar-refractivity contribution in [1.82, 2.24) is 4.90 Å². The van der Waals surface area contributed by atoms with Crippen molar-refractivity contribution >= 4 is 5.97 Å². The van der Waals surface area contributed by atoms with Gasteiger partial charge in [-0.05, 0) is 55.8 Å². The highest BCUT2D eigenvalue weighted by molar-refractivity contribution is 5.87. The summed E-state index contributed by atoms with van der Waals surface area (Å²) in [6, 6.07) is 6.69. The van der Waals surface area contributed by atoms with Crippen LogP contribution in [0.2, 0.25) is 0 Å². The molecule has 0 saturated carbocycles. The average molecular weight is 319 g/mol. The number of carbonyl (C=O) groups is 1. The van der Waals surface area contributed by atoms with Crippen molar-refractivity contribution in [1.29, 1.82) is 0 Å². The van der Waals surface area contributed by atoms with Crippen molar-refractivity contribution in [3.63, 3.8) is 0 Å². The van der Waals surface area contributed by atoms with Gasteiger partial charge in [-0.25, -0.2) is 4.79 Å². The van der Waals surface area contributed by atoms with Crippen LogP contribution >= 0.6 is 0 Å². The Balaban J connectivity index is 1.48. The summed E-state index contributed by atoms with van der Waals surface area (Å²) in [4.78, 5) is 13.5. The van der Waals surface area contributed by atoms with E-state index < -0.39 is 5.97 Å². The molecule has 5 heteroatoms. The lowest BCUT2D eigenvalue weighted by atomic mass is 9.74. The Kier molecular flexibility index (Phi) is 5.18. The Morgan fingerprint density at radius 2 is 2.13 bits per heavy atom. The number of hydrogen-bond donors (Lipinski definition) is 1. The van der Waals surface area contributed by atoms with Crippen LogP contribution in [0.3, 0.4) is 0 Å². The molecule has 5 nitrogen and oxygen atoms in total. The van der Waals surface area contributed by atoms with E-state index in [4.69, 9.17) is 14.6 Å². The second kappa shape index (κ2) is 7.32. The van der Waals surface area contributed by atoms with E-state index in [-0.39, 0.29) is 5.56 Å². The van der Waals surface area contributed by atoms with Gasteiger partial charge in [-0.15, -0.1) is 0 Å². The van der Waals surface area contributed by atoms with Gasteiger partial charge in [0.2, 0.25) is 0 Å². The van der Waals surface area contributed by atoms with Gasteiger partial charge in [0, 0.05) is 26.3 Å². The van der Waals surface area contributed by atoms with Gasteiger partial charge < -0.3 is 14.6 Å². The van der Waals surface area contributed by atoms with Gasteiger partial charge in [0.1, 0.15) is 12.4 Å². The molecule has 0 aliphatic carbocycles. The van der Waals surface area contributed by atoms with E-state index in [9.17, 15) is 4.79 Å². The van der Waals surface area contributed by atoms with Crippen molar-refractivity contribution in [3.8, 4) is 5.75 Å². The highest BCUT2D eigenvalue weighted by atomic mass is 16.5. The molecule has 0 bridgehead atoms. The summed E-state index contributed by atoms with van der Waals surface area (Å²) in [5.41, 5.74) is 0.710. The van der Waals surface area contributed by atoms with Crippen molar-refractivity contribution in [2.24, 2.45) is 5.41 Å². The van der Waals surface area contributed by atoms with Crippen LogP contribution in [0.5, 0.6) is 5.75 Å². The Labute approximate surface area is 137 Å². The van der Waals surface area contributed by atoms with E-state index in [0.717, 1.165) is 32.8 Å². The lowest BCUT2D eigenvalue weighted by Crippen LogP contribution is -2.47. The number of nitrogens with zero attached hydrogens (tertiary/aromatic N) is 1. The average Bonchev–Trinajstić information content (AvgIpc) is 2.56. The number of piperidine rings is 1. The van der Waals surface area contributed by atoms with Gasteiger partial charge in [-0.1, -0.05) is 6.07 Å². The molecular formula is C18H25NO4. The summed E-state index contributed by atoms with van der Waals surface area (Å²) in [6.45, 7) is 5.53. The van der Waals surface area contributed by atoms with E-state index in [1.54, 1.807) is 18.2 Å². The lowest BCUT2D eigenvalue weighted by Gasteiger charge is -2.45. The Bertz CT molecular complexity index is 534. The smallest absolute Gasteiger partial charge is 0.335 e. The summed E-state index contributed by atoms with van der Waals surface area (Å²) in [6.07, 6.45) is 4.90. The van der Waals surface area contributed by atoms with Gasteiger partial charge in [-0.3, -0.25) is 4.90 Å². The molecule has 3 rings (SSSR count). The van der Waals surface area contributed by atoms with Crippen LogP contribution in [0.1, 0.15) is 36.0 Å². The Morgan fingerprint density at radius 3 is 2.91 bits per heavy atom. The molecule has 1 N–H and O–H groups in total. The van der Waals surface area contributed by atoms with Crippen LogP contribution < -0.4 is 4.74 Å². The SMILES string of the molecule is O=C(O)c1cccc(OCCN2CCCC3(CCOCC3)C2)c1. The maximum absolute atomic E-state index is 11.0. The molecule has 0 amide bonds. The minimum Gasteiger partial charge on any atom is -0.492 e. The molecule has 2 heterocycles. The van der Waals surface area contributed by atoms with Crippen molar-refractivity contribution in [3.05, 3.63) is 29.8 Å². The predicted molar refractivity (Wildman–Crippen MR) is 87.1 cm³/mol. The molecule has 2 aliphatic heterocycles. The third-order valence-corrected chi connectivity index (χ3v) is 5.05. The van der Waals surface area contributed by atoms with E-state index in [1.807, 2.05) is 6.07 Å². The molecule has 2 saturated heterocycles. The fourth-order valence-corrected chi connectivity index (χ4v) is 3.73. The van der Waals surface area contributed by atoms with Gasteiger partial charge in [0.25, 0.3) is 0 Å². The largest absolute Gasteiger partial charge is 0.492 e. The second-order valence-electron chi connectivity index (χ2n) is 6.67. The molecule has 0 unspecified atom stereocenters. The van der Waals surface area contributed by atoms with Crippen molar-refractivity contribution in [2.45, 2.75) is 25.7 Å². The maximum Gasteiger partial charge on any atom is 0.335 e. The van der Waals surface area contributed by atoms with Crippen LogP contribution in [0.15, 0.2) is 24.3 Å². The van der Waals surface area contributed by atoms with E-state index >= 15 is 0 Å². The summed E-state index contributed by atoms with van der Waals surface area (Å²) in [5.74, 6) is -0.296. The minimum absolute atomic E-state index is 0.265. The molecule has 1 aromatic rings. The molecule has 0 radical (unpaired) electrons. The number of carboxylic acid groups (broad SMARTS) is 1. The number of aromatic carboxylic acids is 1. The first-order valence-electron chi connectivity index (χ1n) is 8.43. The van der Waals surface area contributed by atoms with Gasteiger partial charge in [-0.2, -0.15) is 0 Å². The number of likely N-dealkylation sites (tertiary alicyclic amines) is 1. The molecule has 126 valence electrons. The maximum atomic E-state index is 11.0. The molecular weight excluding hydrogens is 294 g/mol.